The minimum atomic E-state index is -0.0740. The molecule has 110 valence electrons. The second kappa shape index (κ2) is 7.14. The van der Waals surface area contributed by atoms with E-state index in [2.05, 4.69) is 5.32 Å². The van der Waals surface area contributed by atoms with Crippen LogP contribution in [0.5, 0.6) is 5.75 Å². The number of rotatable bonds is 5. The van der Waals surface area contributed by atoms with Crippen molar-refractivity contribution in [1.82, 2.24) is 10.2 Å². The Morgan fingerprint density at radius 2 is 2.20 bits per heavy atom. The van der Waals surface area contributed by atoms with Crippen molar-refractivity contribution in [3.8, 4) is 5.75 Å². The normalized spacial score (nSPS) is 18.1. The molecule has 0 aromatic heterocycles. The summed E-state index contributed by atoms with van der Waals surface area (Å²) in [5, 5.41) is 12.1. The van der Waals surface area contributed by atoms with Crippen LogP contribution in [0.2, 0.25) is 0 Å². The first kappa shape index (κ1) is 14.7. The van der Waals surface area contributed by atoms with Gasteiger partial charge < -0.3 is 20.1 Å². The van der Waals surface area contributed by atoms with Gasteiger partial charge in [-0.25, -0.2) is 4.79 Å². The van der Waals surface area contributed by atoms with E-state index in [1.807, 2.05) is 24.3 Å². The van der Waals surface area contributed by atoms with E-state index in [0.29, 0.717) is 6.54 Å². The average molecular weight is 278 g/mol. The summed E-state index contributed by atoms with van der Waals surface area (Å²) in [6.07, 6.45) is 2.65. The molecular formula is C15H22N2O3. The SMILES string of the molecule is COc1ccc(CCNC(=O)N2CCCC2CO)cc1. The van der Waals surface area contributed by atoms with E-state index >= 15 is 0 Å². The van der Waals surface area contributed by atoms with Gasteiger partial charge in [-0.1, -0.05) is 12.1 Å². The molecule has 5 nitrogen and oxygen atoms in total. The van der Waals surface area contributed by atoms with Gasteiger partial charge in [0.05, 0.1) is 19.8 Å². The summed E-state index contributed by atoms with van der Waals surface area (Å²) in [7, 11) is 1.64. The molecule has 1 aliphatic rings. The maximum atomic E-state index is 12.0. The Kier molecular flexibility index (Phi) is 5.24. The van der Waals surface area contributed by atoms with Crippen LogP contribution in [0.25, 0.3) is 0 Å². The fourth-order valence-electron chi connectivity index (χ4n) is 2.50. The Labute approximate surface area is 119 Å². The van der Waals surface area contributed by atoms with Gasteiger partial charge >= 0.3 is 6.03 Å². The molecule has 1 aromatic carbocycles. The lowest BCUT2D eigenvalue weighted by Crippen LogP contribution is -2.44. The van der Waals surface area contributed by atoms with Crippen LogP contribution in [-0.4, -0.2) is 48.9 Å². The zero-order chi connectivity index (χ0) is 14.4. The van der Waals surface area contributed by atoms with Gasteiger partial charge in [0.15, 0.2) is 0 Å². The molecule has 1 saturated heterocycles. The maximum absolute atomic E-state index is 12.0. The Hall–Kier alpha value is -1.75. The quantitative estimate of drug-likeness (QED) is 0.856. The van der Waals surface area contributed by atoms with Gasteiger partial charge in [0, 0.05) is 13.1 Å². The van der Waals surface area contributed by atoms with Crippen molar-refractivity contribution in [2.24, 2.45) is 0 Å². The lowest BCUT2D eigenvalue weighted by Gasteiger charge is -2.23. The lowest BCUT2D eigenvalue weighted by molar-refractivity contribution is 0.157. The summed E-state index contributed by atoms with van der Waals surface area (Å²) in [5.41, 5.74) is 1.16. The first-order chi connectivity index (χ1) is 9.74. The third kappa shape index (κ3) is 3.63. The number of hydrogen-bond acceptors (Lipinski definition) is 3. The van der Waals surface area contributed by atoms with Gasteiger partial charge in [-0.15, -0.1) is 0 Å². The molecule has 2 N–H and O–H groups in total. The molecule has 1 heterocycles. The van der Waals surface area contributed by atoms with Crippen molar-refractivity contribution in [2.45, 2.75) is 25.3 Å². The number of amides is 2. The Morgan fingerprint density at radius 3 is 2.85 bits per heavy atom. The van der Waals surface area contributed by atoms with Crippen molar-refractivity contribution in [3.05, 3.63) is 29.8 Å². The minimum absolute atomic E-state index is 0.0176. The van der Waals surface area contributed by atoms with E-state index in [-0.39, 0.29) is 18.7 Å². The van der Waals surface area contributed by atoms with Crippen LogP contribution in [0, 0.1) is 0 Å². The molecule has 0 saturated carbocycles. The Morgan fingerprint density at radius 1 is 1.45 bits per heavy atom. The number of carbonyl (C=O) groups excluding carboxylic acids is 1. The van der Waals surface area contributed by atoms with Crippen molar-refractivity contribution >= 4 is 6.03 Å². The number of methoxy groups -OCH3 is 1. The number of likely N-dealkylation sites (tertiary alicyclic amines) is 1. The third-order valence-corrected chi connectivity index (χ3v) is 3.70. The van der Waals surface area contributed by atoms with Gasteiger partial charge in [0.1, 0.15) is 5.75 Å². The number of ether oxygens (including phenoxy) is 1. The molecule has 0 spiro atoms. The van der Waals surface area contributed by atoms with Gasteiger partial charge in [-0.3, -0.25) is 0 Å². The molecule has 0 aliphatic carbocycles. The molecule has 1 fully saturated rings. The second-order valence-corrected chi connectivity index (χ2v) is 5.00. The van der Waals surface area contributed by atoms with E-state index in [0.717, 1.165) is 37.1 Å². The molecule has 1 aliphatic heterocycles. The lowest BCUT2D eigenvalue weighted by atomic mass is 10.1. The van der Waals surface area contributed by atoms with Crippen LogP contribution >= 0.6 is 0 Å². The number of aliphatic hydroxyl groups excluding tert-OH is 1. The van der Waals surface area contributed by atoms with Crippen LogP contribution in [0.15, 0.2) is 24.3 Å². The predicted molar refractivity (Wildman–Crippen MR) is 76.9 cm³/mol. The Balaban J connectivity index is 1.76. The zero-order valence-corrected chi connectivity index (χ0v) is 11.8. The van der Waals surface area contributed by atoms with E-state index in [1.54, 1.807) is 12.0 Å². The van der Waals surface area contributed by atoms with Crippen molar-refractivity contribution in [2.75, 3.05) is 26.8 Å². The second-order valence-electron chi connectivity index (χ2n) is 5.00. The number of carbonyl (C=O) groups is 1. The van der Waals surface area contributed by atoms with Gasteiger partial charge in [-0.2, -0.15) is 0 Å². The van der Waals surface area contributed by atoms with Crippen molar-refractivity contribution < 1.29 is 14.6 Å². The fourth-order valence-corrected chi connectivity index (χ4v) is 2.50. The summed E-state index contributed by atoms with van der Waals surface area (Å²) in [4.78, 5) is 13.7. The number of nitrogens with zero attached hydrogens (tertiary/aromatic N) is 1. The zero-order valence-electron chi connectivity index (χ0n) is 11.8. The average Bonchev–Trinajstić information content (AvgIpc) is 2.96. The van der Waals surface area contributed by atoms with E-state index in [1.165, 1.54) is 0 Å². The first-order valence-corrected chi connectivity index (χ1v) is 7.03. The van der Waals surface area contributed by atoms with Crippen LogP contribution in [-0.2, 0) is 6.42 Å². The summed E-state index contributed by atoms with van der Waals surface area (Å²) in [6, 6.07) is 7.74. The number of nitrogens with one attached hydrogen (secondary N) is 1. The third-order valence-electron chi connectivity index (χ3n) is 3.70. The molecule has 20 heavy (non-hydrogen) atoms. The number of urea groups is 1. The smallest absolute Gasteiger partial charge is 0.317 e. The summed E-state index contributed by atoms with van der Waals surface area (Å²) in [5.74, 6) is 0.834. The highest BCUT2D eigenvalue weighted by Crippen LogP contribution is 2.16. The van der Waals surface area contributed by atoms with Crippen LogP contribution in [0.1, 0.15) is 18.4 Å². The minimum Gasteiger partial charge on any atom is -0.497 e. The molecule has 2 amide bonds. The molecule has 0 bridgehead atoms. The standard InChI is InChI=1S/C15H22N2O3/c1-20-14-6-4-12(5-7-14)8-9-16-15(19)17-10-2-3-13(17)11-18/h4-7,13,18H,2-3,8-11H2,1H3,(H,16,19). The van der Waals surface area contributed by atoms with E-state index < -0.39 is 0 Å². The summed E-state index contributed by atoms with van der Waals surface area (Å²) < 4.78 is 5.10. The summed E-state index contributed by atoms with van der Waals surface area (Å²) in [6.45, 7) is 1.38. The maximum Gasteiger partial charge on any atom is 0.317 e. The fraction of sp³-hybridized carbons (Fsp3) is 0.533. The monoisotopic (exact) mass is 278 g/mol. The van der Waals surface area contributed by atoms with Crippen molar-refractivity contribution in [3.63, 3.8) is 0 Å². The largest absolute Gasteiger partial charge is 0.497 e. The number of benzene rings is 1. The summed E-state index contributed by atoms with van der Waals surface area (Å²) >= 11 is 0. The topological polar surface area (TPSA) is 61.8 Å². The highest BCUT2D eigenvalue weighted by atomic mass is 16.5. The van der Waals surface area contributed by atoms with E-state index in [4.69, 9.17) is 4.74 Å². The van der Waals surface area contributed by atoms with Crippen molar-refractivity contribution in [1.29, 1.82) is 0 Å². The van der Waals surface area contributed by atoms with Crippen LogP contribution < -0.4 is 10.1 Å². The van der Waals surface area contributed by atoms with E-state index in [9.17, 15) is 9.90 Å². The Bertz CT molecular complexity index is 433. The molecular weight excluding hydrogens is 256 g/mol. The molecule has 1 unspecified atom stereocenters. The first-order valence-electron chi connectivity index (χ1n) is 7.03. The van der Waals surface area contributed by atoms with Crippen LogP contribution in [0.4, 0.5) is 4.79 Å². The molecule has 0 radical (unpaired) electrons. The number of aliphatic hydroxyl groups is 1. The van der Waals surface area contributed by atoms with Gasteiger partial charge in [0.25, 0.3) is 0 Å². The van der Waals surface area contributed by atoms with Gasteiger partial charge in [-0.05, 0) is 37.0 Å². The molecule has 1 atom stereocenters. The number of hydrogen-bond donors (Lipinski definition) is 2. The predicted octanol–water partition coefficient (Wildman–Crippen LogP) is 1.40. The molecule has 1 aromatic rings. The highest BCUT2D eigenvalue weighted by molar-refractivity contribution is 5.74. The molecule has 5 heteroatoms. The molecule has 2 rings (SSSR count). The highest BCUT2D eigenvalue weighted by Gasteiger charge is 2.27. The van der Waals surface area contributed by atoms with Crippen LogP contribution in [0.3, 0.4) is 0 Å². The van der Waals surface area contributed by atoms with Gasteiger partial charge in [0.2, 0.25) is 0 Å².